The highest BCUT2D eigenvalue weighted by Gasteiger charge is 2.21. The predicted molar refractivity (Wildman–Crippen MR) is 49.3 cm³/mol. The van der Waals surface area contributed by atoms with Gasteiger partial charge in [-0.25, -0.2) is 4.79 Å². The summed E-state index contributed by atoms with van der Waals surface area (Å²) in [5.74, 6) is -0.371. The van der Waals surface area contributed by atoms with Gasteiger partial charge in [-0.05, 0) is 13.0 Å². The number of amides is 1. The Kier molecular flexibility index (Phi) is 5.62. The molecular formula is C8H16N2O4. The summed E-state index contributed by atoms with van der Waals surface area (Å²) in [6, 6.07) is -0.411. The van der Waals surface area contributed by atoms with Gasteiger partial charge in [0.05, 0.1) is 0 Å². The molecule has 0 aliphatic carbocycles. The standard InChI is InChI=1S/C8H16N2O4/c1-5(2)6(10-3)7(11)13-4-14-8(9)12/h5-6,10H,4H2,1-3H3,(H2,9,12). The molecule has 0 saturated carbocycles. The van der Waals surface area contributed by atoms with Crippen molar-refractivity contribution in [1.29, 1.82) is 0 Å². The second-order valence-corrected chi connectivity index (χ2v) is 3.05. The molecule has 0 saturated heterocycles. The van der Waals surface area contributed by atoms with Gasteiger partial charge in [0.1, 0.15) is 6.04 Å². The molecule has 0 aliphatic heterocycles. The summed E-state index contributed by atoms with van der Waals surface area (Å²) in [6.45, 7) is 3.30. The van der Waals surface area contributed by atoms with Crippen molar-refractivity contribution in [3.05, 3.63) is 0 Å². The van der Waals surface area contributed by atoms with E-state index in [1.165, 1.54) is 0 Å². The van der Waals surface area contributed by atoms with E-state index in [2.05, 4.69) is 20.5 Å². The first-order valence-electron chi connectivity index (χ1n) is 4.25. The van der Waals surface area contributed by atoms with Crippen molar-refractivity contribution in [2.75, 3.05) is 13.8 Å². The second kappa shape index (κ2) is 6.20. The number of nitrogens with one attached hydrogen (secondary N) is 1. The van der Waals surface area contributed by atoms with Gasteiger partial charge in [0.25, 0.3) is 0 Å². The molecule has 0 rings (SSSR count). The highest BCUT2D eigenvalue weighted by atomic mass is 16.7. The Hall–Kier alpha value is -1.30. The quantitative estimate of drug-likeness (QED) is 0.479. The molecule has 0 aliphatic rings. The average Bonchev–Trinajstić information content (AvgIpc) is 2.03. The molecule has 0 fully saturated rings. The Bertz CT molecular complexity index is 206. The van der Waals surface area contributed by atoms with E-state index in [0.717, 1.165) is 0 Å². The SMILES string of the molecule is CNC(C(=O)OCOC(N)=O)C(C)C. The number of carbonyl (C=O) groups excluding carboxylic acids is 2. The first-order valence-corrected chi connectivity index (χ1v) is 4.25. The number of hydrogen-bond acceptors (Lipinski definition) is 5. The third-order valence-corrected chi connectivity index (χ3v) is 1.63. The van der Waals surface area contributed by atoms with Crippen molar-refractivity contribution in [2.45, 2.75) is 19.9 Å². The van der Waals surface area contributed by atoms with Gasteiger partial charge in [-0.3, -0.25) is 4.79 Å². The van der Waals surface area contributed by atoms with Gasteiger partial charge in [0.15, 0.2) is 0 Å². The molecule has 1 amide bonds. The van der Waals surface area contributed by atoms with Crippen molar-refractivity contribution in [3.63, 3.8) is 0 Å². The van der Waals surface area contributed by atoms with Crippen LogP contribution in [0.25, 0.3) is 0 Å². The van der Waals surface area contributed by atoms with E-state index in [9.17, 15) is 9.59 Å². The third kappa shape index (κ3) is 4.66. The summed E-state index contributed by atoms with van der Waals surface area (Å²) in [5.41, 5.74) is 4.68. The molecule has 14 heavy (non-hydrogen) atoms. The number of nitrogens with two attached hydrogens (primary N) is 1. The summed E-state index contributed by atoms with van der Waals surface area (Å²) >= 11 is 0. The summed E-state index contributed by atoms with van der Waals surface area (Å²) in [7, 11) is 1.65. The van der Waals surface area contributed by atoms with E-state index in [1.54, 1.807) is 7.05 Å². The first-order chi connectivity index (χ1) is 6.49. The zero-order valence-electron chi connectivity index (χ0n) is 8.57. The molecule has 3 N–H and O–H groups in total. The largest absolute Gasteiger partial charge is 0.427 e. The van der Waals surface area contributed by atoms with Crippen LogP contribution in [0.2, 0.25) is 0 Å². The van der Waals surface area contributed by atoms with Gasteiger partial charge in [-0.15, -0.1) is 0 Å². The first kappa shape index (κ1) is 12.7. The fourth-order valence-electron chi connectivity index (χ4n) is 0.959. The maximum Gasteiger partial charge on any atom is 0.407 e. The summed E-state index contributed by atoms with van der Waals surface area (Å²) < 4.78 is 8.90. The van der Waals surface area contributed by atoms with E-state index >= 15 is 0 Å². The third-order valence-electron chi connectivity index (χ3n) is 1.63. The summed E-state index contributed by atoms with van der Waals surface area (Å²) in [4.78, 5) is 21.4. The second-order valence-electron chi connectivity index (χ2n) is 3.05. The van der Waals surface area contributed by atoms with E-state index in [0.29, 0.717) is 0 Å². The Labute approximate surface area is 82.7 Å². The fraction of sp³-hybridized carbons (Fsp3) is 0.750. The fourth-order valence-corrected chi connectivity index (χ4v) is 0.959. The van der Waals surface area contributed by atoms with Crippen LogP contribution < -0.4 is 11.1 Å². The maximum atomic E-state index is 11.3. The van der Waals surface area contributed by atoms with E-state index in [-0.39, 0.29) is 5.92 Å². The van der Waals surface area contributed by atoms with Gasteiger partial charge in [0, 0.05) is 0 Å². The normalized spacial score (nSPS) is 12.3. The smallest absolute Gasteiger partial charge is 0.407 e. The molecule has 0 bridgehead atoms. The minimum atomic E-state index is -0.969. The molecular weight excluding hydrogens is 188 g/mol. The number of ether oxygens (including phenoxy) is 2. The topological polar surface area (TPSA) is 90.7 Å². The molecule has 1 atom stereocenters. The molecule has 0 aromatic heterocycles. The van der Waals surface area contributed by atoms with Crippen molar-refractivity contribution in [1.82, 2.24) is 5.32 Å². The van der Waals surface area contributed by atoms with Crippen LogP contribution >= 0.6 is 0 Å². The Balaban J connectivity index is 3.87. The van der Waals surface area contributed by atoms with Gasteiger partial charge >= 0.3 is 12.1 Å². The lowest BCUT2D eigenvalue weighted by Crippen LogP contribution is -2.40. The van der Waals surface area contributed by atoms with Crippen LogP contribution in [0, 0.1) is 5.92 Å². The van der Waals surface area contributed by atoms with Crippen LogP contribution in [0.5, 0.6) is 0 Å². The molecule has 0 spiro atoms. The molecule has 6 heteroatoms. The van der Waals surface area contributed by atoms with Crippen molar-refractivity contribution in [2.24, 2.45) is 11.7 Å². The molecule has 82 valence electrons. The van der Waals surface area contributed by atoms with Crippen molar-refractivity contribution < 1.29 is 19.1 Å². The van der Waals surface area contributed by atoms with Crippen LogP contribution in [0.15, 0.2) is 0 Å². The van der Waals surface area contributed by atoms with Crippen LogP contribution in [-0.4, -0.2) is 31.9 Å². The van der Waals surface area contributed by atoms with Crippen LogP contribution in [0.4, 0.5) is 4.79 Å². The lowest BCUT2D eigenvalue weighted by atomic mass is 10.1. The highest BCUT2D eigenvalue weighted by molar-refractivity contribution is 5.76. The monoisotopic (exact) mass is 204 g/mol. The Morgan fingerprint density at radius 3 is 2.29 bits per heavy atom. The van der Waals surface area contributed by atoms with Crippen molar-refractivity contribution >= 4 is 12.1 Å². The molecule has 0 aromatic carbocycles. The molecule has 0 heterocycles. The number of esters is 1. The predicted octanol–water partition coefficient (Wildman–Crippen LogP) is -0.174. The number of primary amides is 1. The van der Waals surface area contributed by atoms with E-state index in [1.807, 2.05) is 13.8 Å². The number of carbonyl (C=O) groups is 2. The summed E-state index contributed by atoms with van der Waals surface area (Å²) in [6.07, 6.45) is -0.969. The number of rotatable bonds is 5. The highest BCUT2D eigenvalue weighted by Crippen LogP contribution is 2.02. The zero-order chi connectivity index (χ0) is 11.1. The lowest BCUT2D eigenvalue weighted by molar-refractivity contribution is -0.155. The average molecular weight is 204 g/mol. The van der Waals surface area contributed by atoms with Gasteiger partial charge in [-0.2, -0.15) is 0 Å². The molecule has 0 radical (unpaired) electrons. The zero-order valence-corrected chi connectivity index (χ0v) is 8.57. The van der Waals surface area contributed by atoms with Gasteiger partial charge in [0.2, 0.25) is 6.79 Å². The molecule has 6 nitrogen and oxygen atoms in total. The van der Waals surface area contributed by atoms with Crippen LogP contribution in [0.1, 0.15) is 13.8 Å². The maximum absolute atomic E-state index is 11.3. The Morgan fingerprint density at radius 2 is 1.93 bits per heavy atom. The number of hydrogen-bond donors (Lipinski definition) is 2. The Morgan fingerprint density at radius 1 is 1.36 bits per heavy atom. The van der Waals surface area contributed by atoms with Gasteiger partial charge in [-0.1, -0.05) is 13.8 Å². The van der Waals surface area contributed by atoms with E-state index < -0.39 is 24.9 Å². The lowest BCUT2D eigenvalue weighted by Gasteiger charge is -2.17. The number of likely N-dealkylation sites (N-methyl/N-ethyl adjacent to an activating group) is 1. The van der Waals surface area contributed by atoms with Crippen LogP contribution in [-0.2, 0) is 14.3 Å². The minimum Gasteiger partial charge on any atom is -0.427 e. The molecule has 0 aromatic rings. The van der Waals surface area contributed by atoms with Crippen LogP contribution in [0.3, 0.4) is 0 Å². The minimum absolute atomic E-state index is 0.0982. The molecule has 1 unspecified atom stereocenters. The van der Waals surface area contributed by atoms with Gasteiger partial charge < -0.3 is 20.5 Å². The van der Waals surface area contributed by atoms with E-state index in [4.69, 9.17) is 0 Å². The van der Waals surface area contributed by atoms with Crippen molar-refractivity contribution in [3.8, 4) is 0 Å². The summed E-state index contributed by atoms with van der Waals surface area (Å²) in [5, 5.41) is 2.79.